The average molecular weight is 241 g/mol. The Bertz CT molecular complexity index is 431. The van der Waals surface area contributed by atoms with E-state index in [1.54, 1.807) is 24.3 Å². The summed E-state index contributed by atoms with van der Waals surface area (Å²) in [5, 5.41) is 11.7. The summed E-state index contributed by atoms with van der Waals surface area (Å²) in [5.41, 5.74) is 0.318. The number of nitrogens with one attached hydrogen (secondary N) is 1. The van der Waals surface area contributed by atoms with Gasteiger partial charge in [0.15, 0.2) is 0 Å². The fourth-order valence-electron chi connectivity index (χ4n) is 1.50. The van der Waals surface area contributed by atoms with Crippen molar-refractivity contribution in [1.29, 1.82) is 0 Å². The SMILES string of the molecule is O=C1CC(O)NC(=O)N1c1ccccc1Cl. The topological polar surface area (TPSA) is 69.6 Å². The van der Waals surface area contributed by atoms with Gasteiger partial charge in [-0.15, -0.1) is 0 Å². The summed E-state index contributed by atoms with van der Waals surface area (Å²) in [6, 6.07) is 5.86. The fourth-order valence-corrected chi connectivity index (χ4v) is 1.73. The number of hydrogen-bond donors (Lipinski definition) is 2. The molecule has 1 aromatic carbocycles. The quantitative estimate of drug-likeness (QED) is 0.773. The first-order valence-corrected chi connectivity index (χ1v) is 5.03. The fraction of sp³-hybridized carbons (Fsp3) is 0.200. The second kappa shape index (κ2) is 4.11. The molecule has 0 radical (unpaired) electrons. The number of nitrogens with zero attached hydrogens (tertiary/aromatic N) is 1. The number of carbonyl (C=O) groups is 2. The Morgan fingerprint density at radius 1 is 1.38 bits per heavy atom. The number of carbonyl (C=O) groups excluding carboxylic acids is 2. The van der Waals surface area contributed by atoms with Gasteiger partial charge in [-0.05, 0) is 12.1 Å². The van der Waals surface area contributed by atoms with Crippen LogP contribution in [-0.2, 0) is 4.79 Å². The number of imide groups is 1. The van der Waals surface area contributed by atoms with Crippen LogP contribution >= 0.6 is 11.6 Å². The van der Waals surface area contributed by atoms with Crippen LogP contribution < -0.4 is 10.2 Å². The predicted octanol–water partition coefficient (Wildman–Crippen LogP) is 1.10. The van der Waals surface area contributed by atoms with E-state index in [0.29, 0.717) is 10.7 Å². The summed E-state index contributed by atoms with van der Waals surface area (Å²) in [6.07, 6.45) is -1.28. The highest BCUT2D eigenvalue weighted by atomic mass is 35.5. The standard InChI is InChI=1S/C10H9ClN2O3/c11-6-3-1-2-4-7(6)13-9(15)5-8(14)12-10(13)16/h1-4,8,14H,5H2,(H,12,16). The van der Waals surface area contributed by atoms with Crippen LogP contribution in [0.5, 0.6) is 0 Å². The van der Waals surface area contributed by atoms with Crippen molar-refractivity contribution in [2.24, 2.45) is 0 Å². The lowest BCUT2D eigenvalue weighted by molar-refractivity contribution is -0.121. The highest BCUT2D eigenvalue weighted by Gasteiger charge is 2.32. The van der Waals surface area contributed by atoms with Gasteiger partial charge in [-0.1, -0.05) is 23.7 Å². The molecule has 1 aliphatic heterocycles. The van der Waals surface area contributed by atoms with E-state index in [-0.39, 0.29) is 6.42 Å². The molecule has 1 heterocycles. The molecule has 1 aliphatic rings. The highest BCUT2D eigenvalue weighted by Crippen LogP contribution is 2.27. The molecule has 0 spiro atoms. The number of amides is 3. The summed E-state index contributed by atoms with van der Waals surface area (Å²) >= 11 is 5.89. The second-order valence-corrected chi connectivity index (χ2v) is 3.76. The van der Waals surface area contributed by atoms with Gasteiger partial charge in [-0.3, -0.25) is 4.79 Å². The maximum atomic E-state index is 11.6. The summed E-state index contributed by atoms with van der Waals surface area (Å²) in [4.78, 5) is 24.1. The van der Waals surface area contributed by atoms with Gasteiger partial charge in [-0.25, -0.2) is 9.69 Å². The lowest BCUT2D eigenvalue weighted by atomic mass is 10.2. The Labute approximate surface area is 96.6 Å². The van der Waals surface area contributed by atoms with Crippen LogP contribution in [0.1, 0.15) is 6.42 Å². The van der Waals surface area contributed by atoms with E-state index in [4.69, 9.17) is 11.6 Å². The van der Waals surface area contributed by atoms with Crippen LogP contribution in [-0.4, -0.2) is 23.3 Å². The van der Waals surface area contributed by atoms with Crippen molar-refractivity contribution in [3.05, 3.63) is 29.3 Å². The molecule has 16 heavy (non-hydrogen) atoms. The Balaban J connectivity index is 2.37. The molecule has 0 aromatic heterocycles. The molecule has 1 saturated heterocycles. The molecule has 0 saturated carbocycles. The summed E-state index contributed by atoms with van der Waals surface area (Å²) in [6.45, 7) is 0. The lowest BCUT2D eigenvalue weighted by Crippen LogP contribution is -2.55. The molecule has 0 aliphatic carbocycles. The third-order valence-electron chi connectivity index (χ3n) is 2.20. The van der Waals surface area contributed by atoms with E-state index in [0.717, 1.165) is 4.90 Å². The first-order valence-electron chi connectivity index (χ1n) is 4.65. The number of anilines is 1. The van der Waals surface area contributed by atoms with Crippen molar-refractivity contribution in [2.45, 2.75) is 12.6 Å². The molecule has 3 amide bonds. The van der Waals surface area contributed by atoms with Gasteiger partial charge in [0, 0.05) is 0 Å². The van der Waals surface area contributed by atoms with Crippen molar-refractivity contribution < 1.29 is 14.7 Å². The molecule has 84 valence electrons. The average Bonchev–Trinajstić information content (AvgIpc) is 2.19. The van der Waals surface area contributed by atoms with Crippen LogP contribution in [0.15, 0.2) is 24.3 Å². The van der Waals surface area contributed by atoms with E-state index in [1.807, 2.05) is 0 Å². The number of aliphatic hydroxyl groups is 1. The van der Waals surface area contributed by atoms with Gasteiger partial charge in [0.05, 0.1) is 17.1 Å². The van der Waals surface area contributed by atoms with Crippen molar-refractivity contribution in [3.8, 4) is 0 Å². The third kappa shape index (κ3) is 1.87. The first-order chi connectivity index (χ1) is 7.59. The molecule has 6 heteroatoms. The third-order valence-corrected chi connectivity index (χ3v) is 2.52. The molecule has 1 atom stereocenters. The molecule has 2 rings (SSSR count). The van der Waals surface area contributed by atoms with Gasteiger partial charge < -0.3 is 10.4 Å². The van der Waals surface area contributed by atoms with Crippen LogP contribution in [0.4, 0.5) is 10.5 Å². The van der Waals surface area contributed by atoms with Crippen molar-refractivity contribution >= 4 is 29.2 Å². The van der Waals surface area contributed by atoms with Gasteiger partial charge in [0.2, 0.25) is 5.91 Å². The number of benzene rings is 1. The lowest BCUT2D eigenvalue weighted by Gasteiger charge is -2.29. The zero-order valence-corrected chi connectivity index (χ0v) is 8.94. The van der Waals surface area contributed by atoms with Crippen molar-refractivity contribution in [3.63, 3.8) is 0 Å². The molecule has 1 unspecified atom stereocenters. The molecule has 1 aromatic rings. The molecule has 1 fully saturated rings. The maximum absolute atomic E-state index is 11.6. The maximum Gasteiger partial charge on any atom is 0.330 e. The monoisotopic (exact) mass is 240 g/mol. The van der Waals surface area contributed by atoms with Crippen molar-refractivity contribution in [2.75, 3.05) is 4.90 Å². The Morgan fingerprint density at radius 2 is 2.06 bits per heavy atom. The minimum Gasteiger partial charge on any atom is -0.373 e. The smallest absolute Gasteiger partial charge is 0.330 e. The van der Waals surface area contributed by atoms with Crippen LogP contribution in [0.25, 0.3) is 0 Å². The van der Waals surface area contributed by atoms with Gasteiger partial charge >= 0.3 is 6.03 Å². The largest absolute Gasteiger partial charge is 0.373 e. The highest BCUT2D eigenvalue weighted by molar-refractivity contribution is 6.35. The number of rotatable bonds is 1. The molecule has 2 N–H and O–H groups in total. The molecule has 0 bridgehead atoms. The number of para-hydroxylation sites is 1. The first kappa shape index (κ1) is 10.9. The Hall–Kier alpha value is -1.59. The summed E-state index contributed by atoms with van der Waals surface area (Å²) in [7, 11) is 0. The number of urea groups is 1. The van der Waals surface area contributed by atoms with E-state index in [1.165, 1.54) is 0 Å². The normalized spacial score (nSPS) is 20.9. The van der Waals surface area contributed by atoms with E-state index >= 15 is 0 Å². The number of aliphatic hydroxyl groups excluding tert-OH is 1. The van der Waals surface area contributed by atoms with E-state index in [2.05, 4.69) is 5.32 Å². The van der Waals surface area contributed by atoms with Crippen LogP contribution in [0.3, 0.4) is 0 Å². The summed E-state index contributed by atoms with van der Waals surface area (Å²) in [5.74, 6) is -0.482. The molecular weight excluding hydrogens is 232 g/mol. The minimum absolute atomic E-state index is 0.156. The van der Waals surface area contributed by atoms with E-state index < -0.39 is 18.2 Å². The summed E-state index contributed by atoms with van der Waals surface area (Å²) < 4.78 is 0. The van der Waals surface area contributed by atoms with Gasteiger partial charge in [0.25, 0.3) is 0 Å². The molecular formula is C10H9ClN2O3. The minimum atomic E-state index is -1.13. The number of halogens is 1. The Kier molecular flexibility index (Phi) is 2.80. The van der Waals surface area contributed by atoms with E-state index in [9.17, 15) is 14.7 Å². The zero-order valence-electron chi connectivity index (χ0n) is 8.18. The van der Waals surface area contributed by atoms with Crippen LogP contribution in [0.2, 0.25) is 5.02 Å². The zero-order chi connectivity index (χ0) is 11.7. The number of hydrogen-bond acceptors (Lipinski definition) is 3. The van der Waals surface area contributed by atoms with Crippen LogP contribution in [0, 0.1) is 0 Å². The van der Waals surface area contributed by atoms with Gasteiger partial charge in [-0.2, -0.15) is 0 Å². The second-order valence-electron chi connectivity index (χ2n) is 3.35. The Morgan fingerprint density at radius 3 is 2.69 bits per heavy atom. The molecule has 5 nitrogen and oxygen atoms in total. The predicted molar refractivity (Wildman–Crippen MR) is 58.1 cm³/mol. The van der Waals surface area contributed by atoms with Crippen molar-refractivity contribution in [1.82, 2.24) is 5.32 Å². The van der Waals surface area contributed by atoms with Gasteiger partial charge in [0.1, 0.15) is 6.23 Å².